The van der Waals surface area contributed by atoms with Gasteiger partial charge in [0.15, 0.2) is 5.82 Å². The molecule has 0 unspecified atom stereocenters. The topological polar surface area (TPSA) is 77.0 Å². The fourth-order valence-electron chi connectivity index (χ4n) is 3.33. The van der Waals surface area contributed by atoms with Crippen molar-refractivity contribution in [2.75, 3.05) is 24.7 Å². The Morgan fingerprint density at radius 2 is 1.96 bits per heavy atom. The highest BCUT2D eigenvalue weighted by Gasteiger charge is 2.22. The summed E-state index contributed by atoms with van der Waals surface area (Å²) < 4.78 is 1.48. The Morgan fingerprint density at radius 1 is 1.26 bits per heavy atom. The van der Waals surface area contributed by atoms with Gasteiger partial charge < -0.3 is 10.7 Å². The van der Waals surface area contributed by atoms with Crippen LogP contribution in [0.15, 0.2) is 29.4 Å². The van der Waals surface area contributed by atoms with E-state index in [1.165, 1.54) is 28.4 Å². The van der Waals surface area contributed by atoms with Gasteiger partial charge in [0, 0.05) is 18.7 Å². The number of rotatable bonds is 4. The number of thioether (sulfide) groups is 1. The Balaban J connectivity index is 1.66. The minimum atomic E-state index is 0.0994. The van der Waals surface area contributed by atoms with Crippen LogP contribution in [-0.4, -0.2) is 44.5 Å². The fourth-order valence-corrected chi connectivity index (χ4v) is 4.08. The van der Waals surface area contributed by atoms with Crippen molar-refractivity contribution in [2.45, 2.75) is 51.1 Å². The molecular formula is C20H29N5OS. The van der Waals surface area contributed by atoms with Crippen LogP contribution < -0.4 is 5.84 Å². The zero-order chi connectivity index (χ0) is 19.6. The number of nitrogens with two attached hydrogens (primary N) is 1. The number of piperidine rings is 1. The Kier molecular flexibility index (Phi) is 5.79. The smallest absolute Gasteiger partial charge is 0.233 e. The predicted octanol–water partition coefficient (Wildman–Crippen LogP) is 3.31. The van der Waals surface area contributed by atoms with E-state index >= 15 is 0 Å². The minimum absolute atomic E-state index is 0.0994. The maximum absolute atomic E-state index is 12.4. The van der Waals surface area contributed by atoms with Crippen molar-refractivity contribution in [3.63, 3.8) is 0 Å². The van der Waals surface area contributed by atoms with Crippen LogP contribution in [0.5, 0.6) is 0 Å². The third kappa shape index (κ3) is 4.64. The first-order valence-corrected chi connectivity index (χ1v) is 10.5. The summed E-state index contributed by atoms with van der Waals surface area (Å²) in [5, 5.41) is 8.96. The van der Waals surface area contributed by atoms with E-state index in [4.69, 9.17) is 5.84 Å². The minimum Gasteiger partial charge on any atom is -0.342 e. The lowest BCUT2D eigenvalue weighted by molar-refractivity contribution is -0.130. The molecule has 0 saturated carbocycles. The fraction of sp³-hybridized carbons (Fsp3) is 0.550. The second kappa shape index (κ2) is 7.92. The van der Waals surface area contributed by atoms with Crippen LogP contribution in [0, 0.1) is 5.92 Å². The quantitative estimate of drug-likeness (QED) is 0.643. The Bertz CT molecular complexity index is 794. The first-order valence-electron chi connectivity index (χ1n) is 9.47. The van der Waals surface area contributed by atoms with E-state index in [-0.39, 0.29) is 11.3 Å². The second-order valence-corrected chi connectivity index (χ2v) is 9.32. The molecule has 0 bridgehead atoms. The number of hydrogen-bond acceptors (Lipinski definition) is 5. The maximum atomic E-state index is 12.4. The summed E-state index contributed by atoms with van der Waals surface area (Å²) in [7, 11) is 0. The van der Waals surface area contributed by atoms with E-state index in [0.717, 1.165) is 25.1 Å². The zero-order valence-electron chi connectivity index (χ0n) is 16.6. The highest BCUT2D eigenvalue weighted by Crippen LogP contribution is 2.27. The van der Waals surface area contributed by atoms with Crippen LogP contribution in [-0.2, 0) is 10.2 Å². The maximum Gasteiger partial charge on any atom is 0.233 e. The van der Waals surface area contributed by atoms with Crippen molar-refractivity contribution in [2.24, 2.45) is 5.92 Å². The first kappa shape index (κ1) is 19.7. The van der Waals surface area contributed by atoms with E-state index in [9.17, 15) is 4.79 Å². The van der Waals surface area contributed by atoms with Gasteiger partial charge in [-0.1, -0.05) is 63.7 Å². The van der Waals surface area contributed by atoms with Crippen molar-refractivity contribution >= 4 is 17.7 Å². The summed E-state index contributed by atoms with van der Waals surface area (Å²) in [5.41, 5.74) is 2.27. The van der Waals surface area contributed by atoms with Gasteiger partial charge in [0.2, 0.25) is 11.1 Å². The van der Waals surface area contributed by atoms with Crippen LogP contribution in [0.1, 0.15) is 46.1 Å². The molecule has 1 aliphatic heterocycles. The summed E-state index contributed by atoms with van der Waals surface area (Å²) >= 11 is 1.35. The summed E-state index contributed by atoms with van der Waals surface area (Å²) in [6.07, 6.45) is 2.28. The van der Waals surface area contributed by atoms with Crippen LogP contribution in [0.25, 0.3) is 11.4 Å². The molecule has 1 aliphatic rings. The average molecular weight is 388 g/mol. The Morgan fingerprint density at radius 3 is 2.59 bits per heavy atom. The molecule has 2 aromatic rings. The van der Waals surface area contributed by atoms with Gasteiger partial charge in [0.05, 0.1) is 5.75 Å². The van der Waals surface area contributed by atoms with Gasteiger partial charge in [-0.05, 0) is 29.7 Å². The van der Waals surface area contributed by atoms with Gasteiger partial charge in [-0.3, -0.25) is 4.79 Å². The molecule has 2 heterocycles. The number of likely N-dealkylation sites (tertiary alicyclic amines) is 1. The molecule has 3 rings (SSSR count). The highest BCUT2D eigenvalue weighted by atomic mass is 32.2. The normalized spacial score (nSPS) is 17.9. The molecule has 1 amide bonds. The highest BCUT2D eigenvalue weighted by molar-refractivity contribution is 7.99. The molecule has 6 nitrogen and oxygen atoms in total. The molecule has 27 heavy (non-hydrogen) atoms. The summed E-state index contributed by atoms with van der Waals surface area (Å²) in [6.45, 7) is 10.4. The van der Waals surface area contributed by atoms with Gasteiger partial charge in [-0.2, -0.15) is 0 Å². The Labute approximate surface area is 165 Å². The van der Waals surface area contributed by atoms with Crippen molar-refractivity contribution < 1.29 is 4.79 Å². The van der Waals surface area contributed by atoms with Crippen molar-refractivity contribution in [1.82, 2.24) is 19.8 Å². The van der Waals surface area contributed by atoms with Crippen LogP contribution in [0.2, 0.25) is 0 Å². The van der Waals surface area contributed by atoms with E-state index in [1.807, 2.05) is 17.0 Å². The number of aromatic nitrogens is 3. The third-order valence-electron chi connectivity index (χ3n) is 5.01. The average Bonchev–Trinajstić information content (AvgIpc) is 2.99. The van der Waals surface area contributed by atoms with Crippen molar-refractivity contribution in [3.05, 3.63) is 29.8 Å². The summed E-state index contributed by atoms with van der Waals surface area (Å²) in [6, 6.07) is 8.22. The number of hydrogen-bond donors (Lipinski definition) is 1. The summed E-state index contributed by atoms with van der Waals surface area (Å²) in [5.74, 6) is 7.86. The molecule has 1 saturated heterocycles. The molecule has 1 aromatic heterocycles. The lowest BCUT2D eigenvalue weighted by Crippen LogP contribution is -2.40. The van der Waals surface area contributed by atoms with E-state index in [1.54, 1.807) is 0 Å². The number of carbonyl (C=O) groups excluding carboxylic acids is 1. The van der Waals surface area contributed by atoms with Gasteiger partial charge in [0.1, 0.15) is 0 Å². The van der Waals surface area contributed by atoms with E-state index in [2.05, 4.69) is 50.0 Å². The molecular weight excluding hydrogens is 358 g/mol. The standard InChI is InChI=1S/C20H29N5OS/c1-14-6-5-11-24(12-14)17(26)13-27-19-23-22-18(25(19)21)15-7-9-16(10-8-15)20(2,3)4/h7-10,14H,5-6,11-13,21H2,1-4H3/t14-/m0/s1. The lowest BCUT2D eigenvalue weighted by atomic mass is 9.87. The molecule has 146 valence electrons. The van der Waals surface area contributed by atoms with Gasteiger partial charge in [-0.15, -0.1) is 10.2 Å². The monoisotopic (exact) mass is 387 g/mol. The van der Waals surface area contributed by atoms with Crippen LogP contribution in [0.4, 0.5) is 0 Å². The number of benzene rings is 1. The largest absolute Gasteiger partial charge is 0.342 e. The number of nitrogen functional groups attached to an aromatic ring is 1. The molecule has 0 aliphatic carbocycles. The van der Waals surface area contributed by atoms with E-state index in [0.29, 0.717) is 22.7 Å². The summed E-state index contributed by atoms with van der Waals surface area (Å²) in [4.78, 5) is 14.4. The van der Waals surface area contributed by atoms with E-state index < -0.39 is 0 Å². The third-order valence-corrected chi connectivity index (χ3v) is 5.94. The van der Waals surface area contributed by atoms with Crippen LogP contribution >= 0.6 is 11.8 Å². The Hall–Kier alpha value is -2.02. The van der Waals surface area contributed by atoms with Gasteiger partial charge in [-0.25, -0.2) is 4.68 Å². The second-order valence-electron chi connectivity index (χ2n) is 8.38. The first-order chi connectivity index (χ1) is 12.8. The van der Waals surface area contributed by atoms with Crippen molar-refractivity contribution in [3.8, 4) is 11.4 Å². The molecule has 1 aromatic carbocycles. The molecule has 2 N–H and O–H groups in total. The number of carbonyl (C=O) groups is 1. The molecule has 1 fully saturated rings. The molecule has 0 radical (unpaired) electrons. The zero-order valence-corrected chi connectivity index (χ0v) is 17.4. The van der Waals surface area contributed by atoms with Gasteiger partial charge in [0.25, 0.3) is 0 Å². The number of nitrogens with zero attached hydrogens (tertiary/aromatic N) is 4. The number of amides is 1. The van der Waals surface area contributed by atoms with Crippen LogP contribution in [0.3, 0.4) is 0 Å². The lowest BCUT2D eigenvalue weighted by Gasteiger charge is -2.30. The predicted molar refractivity (Wildman–Crippen MR) is 110 cm³/mol. The van der Waals surface area contributed by atoms with Crippen molar-refractivity contribution in [1.29, 1.82) is 0 Å². The molecule has 1 atom stereocenters. The molecule has 0 spiro atoms. The molecule has 7 heteroatoms. The van der Waals surface area contributed by atoms with Gasteiger partial charge >= 0.3 is 0 Å². The SMILES string of the molecule is C[C@H]1CCCN(C(=O)CSc2nnc(-c3ccc(C(C)(C)C)cc3)n2N)C1.